The second-order valence-corrected chi connectivity index (χ2v) is 7.09. The monoisotopic (exact) mass is 251 g/mol. The molecular formula is C17H33N. The van der Waals surface area contributed by atoms with Crippen LogP contribution in [0.3, 0.4) is 0 Å². The molecule has 18 heavy (non-hydrogen) atoms. The molecule has 0 saturated heterocycles. The number of rotatable bonds is 5. The quantitative estimate of drug-likeness (QED) is 0.760. The van der Waals surface area contributed by atoms with Crippen molar-refractivity contribution in [3.63, 3.8) is 0 Å². The van der Waals surface area contributed by atoms with Crippen LogP contribution in [0.5, 0.6) is 0 Å². The molecule has 0 aromatic heterocycles. The van der Waals surface area contributed by atoms with E-state index < -0.39 is 0 Å². The molecule has 2 saturated carbocycles. The van der Waals surface area contributed by atoms with Gasteiger partial charge in [0.15, 0.2) is 0 Å². The van der Waals surface area contributed by atoms with Crippen molar-refractivity contribution in [2.75, 3.05) is 13.1 Å². The van der Waals surface area contributed by atoms with E-state index in [1.54, 1.807) is 0 Å². The van der Waals surface area contributed by atoms with Crippen LogP contribution in [0.2, 0.25) is 0 Å². The van der Waals surface area contributed by atoms with Gasteiger partial charge in [0.1, 0.15) is 0 Å². The molecule has 2 aliphatic rings. The molecule has 1 heteroatoms. The molecule has 3 atom stereocenters. The first-order valence-corrected chi connectivity index (χ1v) is 8.43. The molecule has 0 heterocycles. The van der Waals surface area contributed by atoms with Crippen LogP contribution in [-0.4, -0.2) is 13.1 Å². The van der Waals surface area contributed by atoms with E-state index in [0.717, 1.165) is 36.1 Å². The average molecular weight is 251 g/mol. The van der Waals surface area contributed by atoms with Crippen LogP contribution in [0, 0.1) is 29.6 Å². The van der Waals surface area contributed by atoms with Gasteiger partial charge in [-0.25, -0.2) is 0 Å². The second kappa shape index (κ2) is 6.93. The maximum absolute atomic E-state index is 3.62. The fraction of sp³-hybridized carbons (Fsp3) is 1.00. The molecule has 2 aliphatic carbocycles. The topological polar surface area (TPSA) is 12.0 Å². The van der Waals surface area contributed by atoms with Crippen molar-refractivity contribution >= 4 is 0 Å². The molecule has 1 nitrogen and oxygen atoms in total. The third-order valence-corrected chi connectivity index (χ3v) is 5.69. The molecule has 2 fully saturated rings. The highest BCUT2D eigenvalue weighted by atomic mass is 14.8. The number of hydrogen-bond donors (Lipinski definition) is 1. The summed E-state index contributed by atoms with van der Waals surface area (Å²) in [5, 5.41) is 3.62. The van der Waals surface area contributed by atoms with E-state index in [2.05, 4.69) is 26.1 Å². The summed E-state index contributed by atoms with van der Waals surface area (Å²) in [7, 11) is 0. The van der Waals surface area contributed by atoms with Gasteiger partial charge in [0, 0.05) is 0 Å². The predicted octanol–water partition coefficient (Wildman–Crippen LogP) is 4.47. The summed E-state index contributed by atoms with van der Waals surface area (Å²) in [6.45, 7) is 9.52. The Morgan fingerprint density at radius 3 is 2.39 bits per heavy atom. The van der Waals surface area contributed by atoms with E-state index in [1.807, 2.05) is 0 Å². The zero-order chi connectivity index (χ0) is 13.0. The van der Waals surface area contributed by atoms with Crippen molar-refractivity contribution in [1.82, 2.24) is 5.32 Å². The smallest absolute Gasteiger partial charge is 0.00179 e. The van der Waals surface area contributed by atoms with E-state index >= 15 is 0 Å². The summed E-state index contributed by atoms with van der Waals surface area (Å²) in [5.74, 6) is 4.98. The third kappa shape index (κ3) is 3.50. The molecular weight excluding hydrogens is 218 g/mol. The van der Waals surface area contributed by atoms with E-state index in [4.69, 9.17) is 0 Å². The van der Waals surface area contributed by atoms with Crippen molar-refractivity contribution in [2.24, 2.45) is 29.6 Å². The standard InChI is InChI=1S/C17H33N/c1-4-18-12-16-10-9-15(13(2)3)11-17(16)14-7-5-6-8-14/h13-18H,4-12H2,1-3H3. The largest absolute Gasteiger partial charge is 0.317 e. The van der Waals surface area contributed by atoms with Gasteiger partial charge >= 0.3 is 0 Å². The minimum Gasteiger partial charge on any atom is -0.317 e. The highest BCUT2D eigenvalue weighted by Gasteiger charge is 2.36. The SMILES string of the molecule is CCNCC1CCC(C(C)C)CC1C1CCCC1. The van der Waals surface area contributed by atoms with Gasteiger partial charge in [-0.2, -0.15) is 0 Å². The molecule has 3 unspecified atom stereocenters. The van der Waals surface area contributed by atoms with Gasteiger partial charge in [-0.3, -0.25) is 0 Å². The highest BCUT2D eigenvalue weighted by Crippen LogP contribution is 2.45. The summed E-state index contributed by atoms with van der Waals surface area (Å²) in [6, 6.07) is 0. The molecule has 0 aliphatic heterocycles. The highest BCUT2D eigenvalue weighted by molar-refractivity contribution is 4.88. The molecule has 106 valence electrons. The zero-order valence-corrected chi connectivity index (χ0v) is 12.8. The number of hydrogen-bond acceptors (Lipinski definition) is 1. The lowest BCUT2D eigenvalue weighted by Gasteiger charge is -2.41. The van der Waals surface area contributed by atoms with Crippen molar-refractivity contribution in [3.8, 4) is 0 Å². The Kier molecular flexibility index (Phi) is 5.54. The Hall–Kier alpha value is -0.0400. The van der Waals surface area contributed by atoms with Gasteiger partial charge in [-0.05, 0) is 61.9 Å². The minimum atomic E-state index is 0.897. The summed E-state index contributed by atoms with van der Waals surface area (Å²) >= 11 is 0. The van der Waals surface area contributed by atoms with Gasteiger partial charge in [0.25, 0.3) is 0 Å². The Morgan fingerprint density at radius 2 is 1.78 bits per heavy atom. The minimum absolute atomic E-state index is 0.897. The van der Waals surface area contributed by atoms with Crippen molar-refractivity contribution in [3.05, 3.63) is 0 Å². The van der Waals surface area contributed by atoms with Crippen LogP contribution < -0.4 is 5.32 Å². The van der Waals surface area contributed by atoms with Gasteiger partial charge < -0.3 is 5.32 Å². The summed E-state index contributed by atoms with van der Waals surface area (Å²) < 4.78 is 0. The van der Waals surface area contributed by atoms with E-state index in [1.165, 1.54) is 51.5 Å². The van der Waals surface area contributed by atoms with E-state index in [0.29, 0.717) is 0 Å². The van der Waals surface area contributed by atoms with Crippen LogP contribution in [0.1, 0.15) is 65.7 Å². The normalized spacial score (nSPS) is 34.3. The van der Waals surface area contributed by atoms with Gasteiger partial charge in [-0.1, -0.05) is 46.5 Å². The average Bonchev–Trinajstić information content (AvgIpc) is 2.89. The lowest BCUT2D eigenvalue weighted by atomic mass is 9.66. The van der Waals surface area contributed by atoms with Gasteiger partial charge in [0.2, 0.25) is 0 Å². The Labute approximate surface area is 114 Å². The van der Waals surface area contributed by atoms with E-state index in [-0.39, 0.29) is 0 Å². The lowest BCUT2D eigenvalue weighted by Crippen LogP contribution is -2.37. The van der Waals surface area contributed by atoms with Crippen molar-refractivity contribution in [1.29, 1.82) is 0 Å². The molecule has 0 spiro atoms. The van der Waals surface area contributed by atoms with Crippen LogP contribution in [0.15, 0.2) is 0 Å². The summed E-state index contributed by atoms with van der Waals surface area (Å²) in [5.41, 5.74) is 0. The first kappa shape index (κ1) is 14.4. The summed E-state index contributed by atoms with van der Waals surface area (Å²) in [6.07, 6.45) is 10.5. The Balaban J connectivity index is 1.95. The third-order valence-electron chi connectivity index (χ3n) is 5.69. The molecule has 0 radical (unpaired) electrons. The Morgan fingerprint density at radius 1 is 1.06 bits per heavy atom. The second-order valence-electron chi connectivity index (χ2n) is 7.09. The molecule has 0 aromatic rings. The van der Waals surface area contributed by atoms with Crippen molar-refractivity contribution < 1.29 is 0 Å². The summed E-state index contributed by atoms with van der Waals surface area (Å²) in [4.78, 5) is 0. The molecule has 2 rings (SSSR count). The van der Waals surface area contributed by atoms with Crippen LogP contribution in [0.25, 0.3) is 0 Å². The lowest BCUT2D eigenvalue weighted by molar-refractivity contribution is 0.0992. The fourth-order valence-electron chi connectivity index (χ4n) is 4.45. The molecule has 0 aromatic carbocycles. The maximum Gasteiger partial charge on any atom is -0.00179 e. The fourth-order valence-corrected chi connectivity index (χ4v) is 4.45. The zero-order valence-electron chi connectivity index (χ0n) is 12.8. The van der Waals surface area contributed by atoms with Crippen molar-refractivity contribution in [2.45, 2.75) is 65.7 Å². The van der Waals surface area contributed by atoms with Gasteiger partial charge in [-0.15, -0.1) is 0 Å². The maximum atomic E-state index is 3.62. The Bertz CT molecular complexity index is 230. The van der Waals surface area contributed by atoms with E-state index in [9.17, 15) is 0 Å². The molecule has 0 amide bonds. The number of nitrogens with one attached hydrogen (secondary N) is 1. The van der Waals surface area contributed by atoms with Gasteiger partial charge in [0.05, 0.1) is 0 Å². The predicted molar refractivity (Wildman–Crippen MR) is 79.7 cm³/mol. The van der Waals surface area contributed by atoms with Crippen LogP contribution >= 0.6 is 0 Å². The molecule has 1 N–H and O–H groups in total. The van der Waals surface area contributed by atoms with Crippen LogP contribution in [-0.2, 0) is 0 Å². The molecule has 0 bridgehead atoms. The first-order chi connectivity index (χ1) is 8.72. The van der Waals surface area contributed by atoms with Crippen LogP contribution in [0.4, 0.5) is 0 Å². The first-order valence-electron chi connectivity index (χ1n) is 8.43.